The molecule has 0 fully saturated rings. The first-order chi connectivity index (χ1) is 3.72. The van der Waals surface area contributed by atoms with Gasteiger partial charge in [-0.1, -0.05) is 20.8 Å². The van der Waals surface area contributed by atoms with E-state index in [0.29, 0.717) is 6.10 Å². The highest BCUT2D eigenvalue weighted by molar-refractivity contribution is 4.86. The summed E-state index contributed by atoms with van der Waals surface area (Å²) in [5.41, 5.74) is 0. The Balaban J connectivity index is 3.35. The fraction of sp³-hybridized carbons (Fsp3) is 0.857. The number of hydrogen-bond donors (Lipinski definition) is 0. The van der Waals surface area contributed by atoms with Crippen molar-refractivity contribution in [2.24, 2.45) is 0 Å². The monoisotopic (exact) mass is 115 g/mol. The van der Waals surface area contributed by atoms with Crippen LogP contribution in [0.5, 0.6) is 0 Å². The standard InChI is InChI=1S/C7H15O/c1-5-7(8-4)6(2)3/h7H,5H2,1-4H3. The first kappa shape index (κ1) is 7.96. The van der Waals surface area contributed by atoms with Gasteiger partial charge in [0.25, 0.3) is 0 Å². The zero-order valence-corrected chi connectivity index (χ0v) is 6.19. The zero-order valence-electron chi connectivity index (χ0n) is 6.19. The smallest absolute Gasteiger partial charge is 0.0625 e. The molecule has 0 N–H and O–H groups in total. The summed E-state index contributed by atoms with van der Waals surface area (Å²) in [5.74, 6) is 1.36. The van der Waals surface area contributed by atoms with Gasteiger partial charge in [-0.15, -0.1) is 0 Å². The molecule has 0 aromatic heterocycles. The van der Waals surface area contributed by atoms with E-state index in [4.69, 9.17) is 4.74 Å². The van der Waals surface area contributed by atoms with Crippen LogP contribution in [0.25, 0.3) is 0 Å². The molecular weight excluding hydrogens is 100 g/mol. The average Bonchev–Trinajstić information content (AvgIpc) is 1.69. The van der Waals surface area contributed by atoms with Gasteiger partial charge in [0.1, 0.15) is 0 Å². The van der Waals surface area contributed by atoms with Gasteiger partial charge in [0, 0.05) is 7.11 Å². The van der Waals surface area contributed by atoms with Crippen LogP contribution in [-0.4, -0.2) is 13.2 Å². The summed E-state index contributed by atoms with van der Waals surface area (Å²) in [6.45, 7) is 6.32. The highest BCUT2D eigenvalue weighted by Gasteiger charge is 2.07. The van der Waals surface area contributed by atoms with Crippen LogP contribution < -0.4 is 0 Å². The van der Waals surface area contributed by atoms with Gasteiger partial charge >= 0.3 is 0 Å². The Labute approximate surface area is 52.0 Å². The van der Waals surface area contributed by atoms with Crippen molar-refractivity contribution < 1.29 is 4.74 Å². The SMILES string of the molecule is CCC(OC)[C](C)C. The molecule has 0 aliphatic carbocycles. The molecule has 1 unspecified atom stereocenters. The molecule has 0 aromatic carbocycles. The lowest BCUT2D eigenvalue weighted by molar-refractivity contribution is 0.111. The van der Waals surface area contributed by atoms with Gasteiger partial charge in [-0.3, -0.25) is 0 Å². The second-order valence-electron chi connectivity index (χ2n) is 2.21. The summed E-state index contributed by atoms with van der Waals surface area (Å²) in [6, 6.07) is 0. The molecule has 0 rings (SSSR count). The van der Waals surface area contributed by atoms with E-state index >= 15 is 0 Å². The maximum absolute atomic E-state index is 5.12. The Morgan fingerprint density at radius 3 is 2.00 bits per heavy atom. The summed E-state index contributed by atoms with van der Waals surface area (Å²) in [4.78, 5) is 0. The second kappa shape index (κ2) is 3.90. The van der Waals surface area contributed by atoms with E-state index in [0.717, 1.165) is 6.42 Å². The maximum atomic E-state index is 5.12. The molecule has 1 atom stereocenters. The van der Waals surface area contributed by atoms with Gasteiger partial charge in [-0.2, -0.15) is 0 Å². The Bertz CT molecular complexity index is 46.3. The predicted octanol–water partition coefficient (Wildman–Crippen LogP) is 2.03. The molecule has 1 radical (unpaired) electrons. The van der Waals surface area contributed by atoms with Crippen LogP contribution >= 0.6 is 0 Å². The minimum atomic E-state index is 0.370. The van der Waals surface area contributed by atoms with Gasteiger partial charge in [0.15, 0.2) is 0 Å². The van der Waals surface area contributed by atoms with Crippen LogP contribution in [0.4, 0.5) is 0 Å². The van der Waals surface area contributed by atoms with Crippen molar-refractivity contribution >= 4 is 0 Å². The number of ether oxygens (including phenoxy) is 1. The fourth-order valence-corrected chi connectivity index (χ4v) is 0.811. The van der Waals surface area contributed by atoms with Crippen LogP contribution in [0, 0.1) is 5.92 Å². The van der Waals surface area contributed by atoms with Gasteiger partial charge in [0.05, 0.1) is 6.10 Å². The predicted molar refractivity (Wildman–Crippen MR) is 35.7 cm³/mol. The molecule has 0 saturated carbocycles. The number of rotatable bonds is 3. The van der Waals surface area contributed by atoms with E-state index in [9.17, 15) is 0 Å². The van der Waals surface area contributed by atoms with Gasteiger partial charge in [-0.05, 0) is 12.3 Å². The minimum absolute atomic E-state index is 0.370. The Morgan fingerprint density at radius 1 is 1.50 bits per heavy atom. The van der Waals surface area contributed by atoms with E-state index in [-0.39, 0.29) is 0 Å². The Hall–Kier alpha value is -0.0400. The largest absolute Gasteiger partial charge is 0.381 e. The highest BCUT2D eigenvalue weighted by atomic mass is 16.5. The molecule has 49 valence electrons. The summed E-state index contributed by atoms with van der Waals surface area (Å²) < 4.78 is 5.12. The van der Waals surface area contributed by atoms with E-state index in [1.165, 1.54) is 5.92 Å². The molecule has 0 aliphatic rings. The van der Waals surface area contributed by atoms with Crippen molar-refractivity contribution in [3.05, 3.63) is 5.92 Å². The van der Waals surface area contributed by atoms with Crippen molar-refractivity contribution in [1.82, 2.24) is 0 Å². The molecular formula is C7H15O. The third-order valence-corrected chi connectivity index (χ3v) is 1.30. The fourth-order valence-electron chi connectivity index (χ4n) is 0.811. The van der Waals surface area contributed by atoms with Crippen molar-refractivity contribution in [3.8, 4) is 0 Å². The Morgan fingerprint density at radius 2 is 2.00 bits per heavy atom. The number of methoxy groups -OCH3 is 1. The lowest BCUT2D eigenvalue weighted by Gasteiger charge is -2.15. The van der Waals surface area contributed by atoms with Crippen LogP contribution in [0.3, 0.4) is 0 Å². The maximum Gasteiger partial charge on any atom is 0.0625 e. The molecule has 0 bridgehead atoms. The molecule has 0 aliphatic heterocycles. The van der Waals surface area contributed by atoms with E-state index in [1.807, 2.05) is 0 Å². The molecule has 1 nitrogen and oxygen atoms in total. The van der Waals surface area contributed by atoms with E-state index in [1.54, 1.807) is 7.11 Å². The summed E-state index contributed by atoms with van der Waals surface area (Å²) in [6.07, 6.45) is 1.45. The third-order valence-electron chi connectivity index (χ3n) is 1.30. The summed E-state index contributed by atoms with van der Waals surface area (Å²) in [7, 11) is 1.75. The summed E-state index contributed by atoms with van der Waals surface area (Å²) >= 11 is 0. The lowest BCUT2D eigenvalue weighted by atomic mass is 10.1. The van der Waals surface area contributed by atoms with E-state index < -0.39 is 0 Å². The quantitative estimate of drug-likeness (QED) is 0.546. The minimum Gasteiger partial charge on any atom is -0.381 e. The number of hydrogen-bond acceptors (Lipinski definition) is 1. The van der Waals surface area contributed by atoms with Crippen molar-refractivity contribution in [3.63, 3.8) is 0 Å². The third kappa shape index (κ3) is 2.31. The van der Waals surface area contributed by atoms with Gasteiger partial charge in [-0.25, -0.2) is 0 Å². The van der Waals surface area contributed by atoms with Crippen LogP contribution in [-0.2, 0) is 4.74 Å². The molecule has 0 aromatic rings. The van der Waals surface area contributed by atoms with Crippen LogP contribution in [0.2, 0.25) is 0 Å². The molecule has 0 saturated heterocycles. The van der Waals surface area contributed by atoms with Crippen LogP contribution in [0.1, 0.15) is 27.2 Å². The molecule has 1 heteroatoms. The van der Waals surface area contributed by atoms with Crippen molar-refractivity contribution in [2.45, 2.75) is 33.3 Å². The molecule has 8 heavy (non-hydrogen) atoms. The topological polar surface area (TPSA) is 9.23 Å². The van der Waals surface area contributed by atoms with Gasteiger partial charge in [0.2, 0.25) is 0 Å². The lowest BCUT2D eigenvalue weighted by Crippen LogP contribution is -2.14. The molecule has 0 amide bonds. The first-order valence-electron chi connectivity index (χ1n) is 3.05. The van der Waals surface area contributed by atoms with Crippen LogP contribution in [0.15, 0.2) is 0 Å². The molecule has 0 spiro atoms. The molecule has 0 heterocycles. The van der Waals surface area contributed by atoms with E-state index in [2.05, 4.69) is 20.8 Å². The van der Waals surface area contributed by atoms with Crippen molar-refractivity contribution in [2.75, 3.05) is 7.11 Å². The zero-order chi connectivity index (χ0) is 6.57. The highest BCUT2D eigenvalue weighted by Crippen LogP contribution is 2.09. The second-order valence-corrected chi connectivity index (χ2v) is 2.21. The normalized spacial score (nSPS) is 14.6. The summed E-state index contributed by atoms with van der Waals surface area (Å²) in [5, 5.41) is 0. The first-order valence-corrected chi connectivity index (χ1v) is 3.05. The van der Waals surface area contributed by atoms with Gasteiger partial charge < -0.3 is 4.74 Å². The van der Waals surface area contributed by atoms with Crippen molar-refractivity contribution in [1.29, 1.82) is 0 Å². The average molecular weight is 115 g/mol. The Kier molecular flexibility index (Phi) is 3.88.